The maximum absolute atomic E-state index is 13.3. The summed E-state index contributed by atoms with van der Waals surface area (Å²) in [6.07, 6.45) is 7.33. The number of hydrogen-bond donors (Lipinski definition) is 1. The SMILES string of the molecule is Cc1c(-c2cc(O[C@H](CO)c3ccc(F)cn3)c3c(Cl)cnn3c2)nnn1C1CCN(C#N)CC1. The van der Waals surface area contributed by atoms with Gasteiger partial charge in [-0.25, -0.2) is 13.6 Å². The second-order valence-electron chi connectivity index (χ2n) is 8.36. The first-order chi connectivity index (χ1) is 17.0. The molecule has 0 bridgehead atoms. The van der Waals surface area contributed by atoms with Gasteiger partial charge >= 0.3 is 0 Å². The summed E-state index contributed by atoms with van der Waals surface area (Å²) >= 11 is 6.38. The van der Waals surface area contributed by atoms with Gasteiger partial charge in [-0.05, 0) is 38.0 Å². The lowest BCUT2D eigenvalue weighted by Crippen LogP contribution is -2.31. The van der Waals surface area contributed by atoms with Crippen LogP contribution in [0.1, 0.15) is 36.4 Å². The van der Waals surface area contributed by atoms with E-state index in [2.05, 4.69) is 26.6 Å². The molecule has 4 aromatic heterocycles. The van der Waals surface area contributed by atoms with Gasteiger partial charge in [0, 0.05) is 24.8 Å². The van der Waals surface area contributed by atoms with Crippen molar-refractivity contribution < 1.29 is 14.2 Å². The molecule has 1 aliphatic rings. The van der Waals surface area contributed by atoms with Crippen LogP contribution in [-0.4, -0.2) is 59.3 Å². The van der Waals surface area contributed by atoms with Gasteiger partial charge in [0.25, 0.3) is 0 Å². The summed E-state index contributed by atoms with van der Waals surface area (Å²) in [4.78, 5) is 5.78. The van der Waals surface area contributed by atoms with Gasteiger partial charge in [-0.2, -0.15) is 10.4 Å². The van der Waals surface area contributed by atoms with Crippen LogP contribution in [0.3, 0.4) is 0 Å². The highest BCUT2D eigenvalue weighted by molar-refractivity contribution is 6.34. The van der Waals surface area contributed by atoms with Crippen molar-refractivity contribution in [2.75, 3.05) is 19.7 Å². The van der Waals surface area contributed by atoms with Crippen LogP contribution >= 0.6 is 11.6 Å². The van der Waals surface area contributed by atoms with E-state index in [4.69, 9.17) is 21.6 Å². The summed E-state index contributed by atoms with van der Waals surface area (Å²) in [5, 5.41) is 32.6. The van der Waals surface area contributed by atoms with E-state index in [-0.39, 0.29) is 12.6 Å². The van der Waals surface area contributed by atoms with E-state index in [9.17, 15) is 9.50 Å². The number of piperidine rings is 1. The third kappa shape index (κ3) is 4.38. The average Bonchev–Trinajstić information content (AvgIpc) is 3.45. The van der Waals surface area contributed by atoms with E-state index < -0.39 is 11.9 Å². The number of aromatic nitrogens is 6. The zero-order valence-corrected chi connectivity index (χ0v) is 19.6. The van der Waals surface area contributed by atoms with Gasteiger partial charge in [0.2, 0.25) is 0 Å². The van der Waals surface area contributed by atoms with Crippen molar-refractivity contribution in [3.8, 4) is 23.2 Å². The zero-order valence-electron chi connectivity index (χ0n) is 18.8. The van der Waals surface area contributed by atoms with Crippen molar-refractivity contribution >= 4 is 17.1 Å². The fourth-order valence-corrected chi connectivity index (χ4v) is 4.58. The Kier molecular flexibility index (Phi) is 6.23. The predicted octanol–water partition coefficient (Wildman–Crippen LogP) is 3.32. The third-order valence-electron chi connectivity index (χ3n) is 6.20. The van der Waals surface area contributed by atoms with E-state index in [1.807, 2.05) is 11.6 Å². The van der Waals surface area contributed by atoms with E-state index in [1.165, 1.54) is 18.3 Å². The lowest BCUT2D eigenvalue weighted by molar-refractivity contribution is 0.114. The van der Waals surface area contributed by atoms with Crippen LogP contribution in [0, 0.1) is 24.2 Å². The summed E-state index contributed by atoms with van der Waals surface area (Å²) in [7, 11) is 0. The highest BCUT2D eigenvalue weighted by Gasteiger charge is 2.25. The molecule has 1 saturated heterocycles. The Morgan fingerprint density at radius 2 is 2.11 bits per heavy atom. The molecule has 1 atom stereocenters. The van der Waals surface area contributed by atoms with Gasteiger partial charge in [-0.1, -0.05) is 16.8 Å². The summed E-state index contributed by atoms with van der Waals surface area (Å²) < 4.78 is 22.9. The highest BCUT2D eigenvalue weighted by atomic mass is 35.5. The van der Waals surface area contributed by atoms with Gasteiger partial charge in [0.05, 0.1) is 41.5 Å². The molecule has 1 N–H and O–H groups in total. The van der Waals surface area contributed by atoms with Crippen molar-refractivity contribution in [3.05, 3.63) is 59.0 Å². The Hall–Kier alpha value is -3.75. The van der Waals surface area contributed by atoms with Gasteiger partial charge in [-0.3, -0.25) is 4.98 Å². The number of pyridine rings is 2. The minimum Gasteiger partial charge on any atom is -0.479 e. The predicted molar refractivity (Wildman–Crippen MR) is 124 cm³/mol. The molecule has 0 saturated carbocycles. The molecular weight excluding hydrogens is 475 g/mol. The number of nitrogens with zero attached hydrogens (tertiary/aromatic N) is 8. The van der Waals surface area contributed by atoms with Crippen molar-refractivity contribution in [1.82, 2.24) is 34.5 Å². The number of rotatable bonds is 6. The number of halogens is 2. The van der Waals surface area contributed by atoms with Gasteiger partial charge in [-0.15, -0.1) is 5.10 Å². The molecule has 0 amide bonds. The summed E-state index contributed by atoms with van der Waals surface area (Å²) in [6.45, 7) is 2.94. The maximum atomic E-state index is 13.3. The van der Waals surface area contributed by atoms with Crippen LogP contribution < -0.4 is 4.74 Å². The Bertz CT molecular complexity index is 1390. The van der Waals surface area contributed by atoms with Crippen molar-refractivity contribution in [1.29, 1.82) is 5.26 Å². The fraction of sp³-hybridized carbons (Fsp3) is 0.348. The number of likely N-dealkylation sites (tertiary alicyclic amines) is 1. The molecule has 0 aromatic carbocycles. The molecule has 180 valence electrons. The molecule has 10 nitrogen and oxygen atoms in total. The van der Waals surface area contributed by atoms with Crippen LogP contribution in [0.4, 0.5) is 4.39 Å². The molecule has 5 rings (SSSR count). The minimum absolute atomic E-state index is 0.155. The van der Waals surface area contributed by atoms with Gasteiger partial charge in [0.1, 0.15) is 22.8 Å². The number of ether oxygens (including phenoxy) is 1. The monoisotopic (exact) mass is 496 g/mol. The lowest BCUT2D eigenvalue weighted by atomic mass is 10.0. The van der Waals surface area contributed by atoms with E-state index >= 15 is 0 Å². The van der Waals surface area contributed by atoms with Crippen LogP contribution in [0.15, 0.2) is 36.8 Å². The minimum atomic E-state index is -0.845. The molecule has 0 radical (unpaired) electrons. The molecule has 35 heavy (non-hydrogen) atoms. The first-order valence-corrected chi connectivity index (χ1v) is 11.5. The maximum Gasteiger partial charge on any atom is 0.179 e. The quantitative estimate of drug-likeness (QED) is 0.404. The number of aliphatic hydroxyl groups excluding tert-OH is 1. The van der Waals surface area contributed by atoms with E-state index in [0.717, 1.165) is 24.7 Å². The van der Waals surface area contributed by atoms with Crippen molar-refractivity contribution in [2.45, 2.75) is 31.9 Å². The number of nitriles is 1. The molecule has 12 heteroatoms. The lowest BCUT2D eigenvalue weighted by Gasteiger charge is -2.28. The standard InChI is InChI=1S/C23H22ClFN8O2/c1-14-22(29-30-33(14)17-4-6-31(13-26)7-5-17)15-8-20(23-18(24)10-28-32(23)11-15)35-21(12-34)19-3-2-16(25)9-27-19/h2-3,8-11,17,21,34H,4-7,12H2,1H3/t21-/m1/s1. The number of aliphatic hydroxyl groups is 1. The highest BCUT2D eigenvalue weighted by Crippen LogP contribution is 2.35. The summed E-state index contributed by atoms with van der Waals surface area (Å²) in [5.74, 6) is -0.114. The number of hydrogen-bond acceptors (Lipinski definition) is 8. The Balaban J connectivity index is 1.50. The molecule has 1 fully saturated rings. The second kappa shape index (κ2) is 9.48. The Labute approximate surface area is 205 Å². The Morgan fingerprint density at radius 1 is 1.31 bits per heavy atom. The van der Waals surface area contributed by atoms with E-state index in [0.29, 0.717) is 46.3 Å². The largest absolute Gasteiger partial charge is 0.479 e. The normalized spacial score (nSPS) is 15.3. The topological polar surface area (TPSA) is 117 Å². The summed E-state index contributed by atoms with van der Waals surface area (Å²) in [6, 6.07) is 4.65. The van der Waals surface area contributed by atoms with Crippen LogP contribution in [0.25, 0.3) is 16.8 Å². The zero-order chi connectivity index (χ0) is 24.5. The van der Waals surface area contributed by atoms with Gasteiger partial charge < -0.3 is 14.7 Å². The van der Waals surface area contributed by atoms with E-state index in [1.54, 1.807) is 21.7 Å². The molecule has 0 unspecified atom stereocenters. The van der Waals surface area contributed by atoms with Crippen molar-refractivity contribution in [2.24, 2.45) is 0 Å². The molecule has 0 spiro atoms. The third-order valence-corrected chi connectivity index (χ3v) is 6.48. The molecular formula is C23H22ClFN8O2. The van der Waals surface area contributed by atoms with Crippen LogP contribution in [0.2, 0.25) is 5.02 Å². The van der Waals surface area contributed by atoms with Gasteiger partial charge in [0.15, 0.2) is 12.3 Å². The first-order valence-electron chi connectivity index (χ1n) is 11.1. The molecule has 5 heterocycles. The first kappa shape index (κ1) is 23.0. The van der Waals surface area contributed by atoms with Crippen LogP contribution in [0.5, 0.6) is 5.75 Å². The second-order valence-corrected chi connectivity index (χ2v) is 8.76. The summed E-state index contributed by atoms with van der Waals surface area (Å²) in [5.41, 5.74) is 3.13. The molecule has 1 aliphatic heterocycles. The Morgan fingerprint density at radius 3 is 2.80 bits per heavy atom. The number of fused-ring (bicyclic) bond motifs is 1. The van der Waals surface area contributed by atoms with Crippen molar-refractivity contribution in [3.63, 3.8) is 0 Å². The smallest absolute Gasteiger partial charge is 0.179 e. The molecule has 0 aliphatic carbocycles. The van der Waals surface area contributed by atoms with Crippen LogP contribution in [-0.2, 0) is 0 Å². The molecule has 4 aromatic rings. The fourth-order valence-electron chi connectivity index (χ4n) is 4.35. The average molecular weight is 497 g/mol.